The topological polar surface area (TPSA) is 24.1 Å². The van der Waals surface area contributed by atoms with Crippen molar-refractivity contribution in [1.82, 2.24) is 10.6 Å². The van der Waals surface area contributed by atoms with Crippen LogP contribution in [0.1, 0.15) is 25.0 Å². The number of aryl methyl sites for hydroxylation is 1. The molecule has 1 rings (SSSR count). The van der Waals surface area contributed by atoms with Crippen LogP contribution < -0.4 is 10.6 Å². The molecule has 0 aliphatic heterocycles. The summed E-state index contributed by atoms with van der Waals surface area (Å²) in [5.41, 5.74) is 3.55. The maximum atomic E-state index is 4.06. The van der Waals surface area contributed by atoms with Gasteiger partial charge in [-0.15, -0.1) is 0 Å². The van der Waals surface area contributed by atoms with E-state index in [0.29, 0.717) is 0 Å². The minimum Gasteiger partial charge on any atom is -0.384 e. The van der Waals surface area contributed by atoms with Crippen LogP contribution >= 0.6 is 0 Å². The molecule has 0 radical (unpaired) electrons. The Morgan fingerprint density at radius 3 is 2.75 bits per heavy atom. The summed E-state index contributed by atoms with van der Waals surface area (Å²) in [6.07, 6.45) is 1.07. The molecule has 2 N–H and O–H groups in total. The average Bonchev–Trinajstić information content (AvgIpc) is 2.34. The Labute approximate surface area is 98.8 Å². The number of rotatable bonds is 7. The summed E-state index contributed by atoms with van der Waals surface area (Å²) in [7, 11) is 0. The molecule has 2 nitrogen and oxygen atoms in total. The SMILES string of the molecule is C=C(NCCNCC)c1cccc(CC)c1. The van der Waals surface area contributed by atoms with Gasteiger partial charge >= 0.3 is 0 Å². The molecule has 88 valence electrons. The molecule has 0 aliphatic carbocycles. The van der Waals surface area contributed by atoms with Crippen molar-refractivity contribution in [2.45, 2.75) is 20.3 Å². The molecule has 0 fully saturated rings. The summed E-state index contributed by atoms with van der Waals surface area (Å²) in [6.45, 7) is 11.2. The predicted octanol–water partition coefficient (Wildman–Crippen LogP) is 2.42. The minimum atomic E-state index is 0.920. The quantitative estimate of drug-likeness (QED) is 0.687. The number of hydrogen-bond donors (Lipinski definition) is 2. The first-order valence-electron chi connectivity index (χ1n) is 6.00. The van der Waals surface area contributed by atoms with Crippen molar-refractivity contribution in [3.05, 3.63) is 42.0 Å². The van der Waals surface area contributed by atoms with E-state index in [2.05, 4.69) is 55.3 Å². The smallest absolute Gasteiger partial charge is 0.0341 e. The van der Waals surface area contributed by atoms with E-state index in [1.165, 1.54) is 11.1 Å². The molecule has 0 amide bonds. The van der Waals surface area contributed by atoms with E-state index in [-0.39, 0.29) is 0 Å². The molecule has 0 aliphatic rings. The van der Waals surface area contributed by atoms with Crippen LogP contribution in [-0.2, 0) is 6.42 Å². The molecular formula is C14H22N2. The fourth-order valence-corrected chi connectivity index (χ4v) is 1.56. The first-order valence-corrected chi connectivity index (χ1v) is 6.00. The zero-order chi connectivity index (χ0) is 11.8. The van der Waals surface area contributed by atoms with Gasteiger partial charge < -0.3 is 10.6 Å². The summed E-state index contributed by atoms with van der Waals surface area (Å²) >= 11 is 0. The molecule has 0 unspecified atom stereocenters. The molecule has 0 atom stereocenters. The van der Waals surface area contributed by atoms with Crippen molar-refractivity contribution in [3.63, 3.8) is 0 Å². The Hall–Kier alpha value is -1.28. The van der Waals surface area contributed by atoms with Gasteiger partial charge in [-0.3, -0.25) is 0 Å². The van der Waals surface area contributed by atoms with E-state index >= 15 is 0 Å². The Bertz CT molecular complexity index is 331. The second-order valence-electron chi connectivity index (χ2n) is 3.81. The highest BCUT2D eigenvalue weighted by molar-refractivity contribution is 5.62. The van der Waals surface area contributed by atoms with E-state index in [9.17, 15) is 0 Å². The average molecular weight is 218 g/mol. The van der Waals surface area contributed by atoms with Gasteiger partial charge in [0.2, 0.25) is 0 Å². The maximum Gasteiger partial charge on any atom is 0.0341 e. The van der Waals surface area contributed by atoms with E-state index in [0.717, 1.165) is 31.8 Å². The van der Waals surface area contributed by atoms with Gasteiger partial charge in [0.15, 0.2) is 0 Å². The maximum absolute atomic E-state index is 4.06. The first kappa shape index (κ1) is 12.8. The van der Waals surface area contributed by atoms with Gasteiger partial charge in [-0.25, -0.2) is 0 Å². The minimum absolute atomic E-state index is 0.920. The Morgan fingerprint density at radius 2 is 2.06 bits per heavy atom. The van der Waals surface area contributed by atoms with E-state index in [1.54, 1.807) is 0 Å². The Balaban J connectivity index is 2.46. The molecule has 0 heterocycles. The van der Waals surface area contributed by atoms with Gasteiger partial charge in [0.05, 0.1) is 0 Å². The molecule has 0 aromatic heterocycles. The summed E-state index contributed by atoms with van der Waals surface area (Å²) < 4.78 is 0. The van der Waals surface area contributed by atoms with Crippen LogP contribution in [0.25, 0.3) is 5.70 Å². The van der Waals surface area contributed by atoms with Gasteiger partial charge in [-0.2, -0.15) is 0 Å². The lowest BCUT2D eigenvalue weighted by atomic mass is 10.1. The van der Waals surface area contributed by atoms with Crippen LogP contribution in [0.4, 0.5) is 0 Å². The van der Waals surface area contributed by atoms with Crippen LogP contribution in [-0.4, -0.2) is 19.6 Å². The highest BCUT2D eigenvalue weighted by Gasteiger charge is 1.98. The van der Waals surface area contributed by atoms with Gasteiger partial charge in [0, 0.05) is 18.8 Å². The van der Waals surface area contributed by atoms with Crippen molar-refractivity contribution in [2.24, 2.45) is 0 Å². The van der Waals surface area contributed by atoms with Crippen LogP contribution in [0.15, 0.2) is 30.8 Å². The molecule has 0 bridgehead atoms. The Morgan fingerprint density at radius 1 is 1.25 bits per heavy atom. The van der Waals surface area contributed by atoms with Gasteiger partial charge in [0.1, 0.15) is 0 Å². The fraction of sp³-hybridized carbons (Fsp3) is 0.429. The van der Waals surface area contributed by atoms with Gasteiger partial charge in [0.25, 0.3) is 0 Å². The van der Waals surface area contributed by atoms with E-state index < -0.39 is 0 Å². The lowest BCUT2D eigenvalue weighted by Gasteiger charge is -2.10. The molecule has 1 aromatic carbocycles. The largest absolute Gasteiger partial charge is 0.384 e. The van der Waals surface area contributed by atoms with Crippen molar-refractivity contribution >= 4 is 5.70 Å². The second-order valence-corrected chi connectivity index (χ2v) is 3.81. The van der Waals surface area contributed by atoms with Crippen LogP contribution in [0.2, 0.25) is 0 Å². The molecule has 0 saturated heterocycles. The van der Waals surface area contributed by atoms with Crippen molar-refractivity contribution in [1.29, 1.82) is 0 Å². The van der Waals surface area contributed by atoms with Crippen LogP contribution in [0.3, 0.4) is 0 Å². The number of hydrogen-bond acceptors (Lipinski definition) is 2. The predicted molar refractivity (Wildman–Crippen MR) is 71.4 cm³/mol. The molecular weight excluding hydrogens is 196 g/mol. The normalized spacial score (nSPS) is 10.1. The van der Waals surface area contributed by atoms with Crippen molar-refractivity contribution < 1.29 is 0 Å². The third-order valence-corrected chi connectivity index (χ3v) is 2.57. The van der Waals surface area contributed by atoms with E-state index in [4.69, 9.17) is 0 Å². The van der Waals surface area contributed by atoms with Crippen LogP contribution in [0.5, 0.6) is 0 Å². The summed E-state index contributed by atoms with van der Waals surface area (Å²) in [6, 6.07) is 8.53. The molecule has 1 aromatic rings. The number of nitrogens with one attached hydrogen (secondary N) is 2. The lowest BCUT2D eigenvalue weighted by molar-refractivity contribution is 0.692. The van der Waals surface area contributed by atoms with Crippen molar-refractivity contribution in [3.8, 4) is 0 Å². The molecule has 16 heavy (non-hydrogen) atoms. The van der Waals surface area contributed by atoms with Crippen molar-refractivity contribution in [2.75, 3.05) is 19.6 Å². The Kier molecular flexibility index (Phi) is 5.65. The standard InChI is InChI=1S/C14H22N2/c1-4-13-7-6-8-14(11-13)12(3)16-10-9-15-5-2/h6-8,11,15-16H,3-5,9-10H2,1-2H3. The third kappa shape index (κ3) is 4.07. The van der Waals surface area contributed by atoms with Gasteiger partial charge in [-0.05, 0) is 30.2 Å². The molecule has 0 saturated carbocycles. The third-order valence-electron chi connectivity index (χ3n) is 2.57. The number of likely N-dealkylation sites (N-methyl/N-ethyl adjacent to an activating group) is 1. The zero-order valence-electron chi connectivity index (χ0n) is 10.3. The number of benzene rings is 1. The highest BCUT2D eigenvalue weighted by atomic mass is 14.9. The zero-order valence-corrected chi connectivity index (χ0v) is 10.3. The second kappa shape index (κ2) is 7.07. The monoisotopic (exact) mass is 218 g/mol. The lowest BCUT2D eigenvalue weighted by Crippen LogP contribution is -2.25. The highest BCUT2D eigenvalue weighted by Crippen LogP contribution is 2.11. The summed E-state index contributed by atoms with van der Waals surface area (Å²) in [4.78, 5) is 0. The molecule has 2 heteroatoms. The summed E-state index contributed by atoms with van der Waals surface area (Å²) in [5, 5.41) is 6.60. The van der Waals surface area contributed by atoms with Gasteiger partial charge in [-0.1, -0.05) is 38.6 Å². The van der Waals surface area contributed by atoms with Crippen LogP contribution in [0, 0.1) is 0 Å². The molecule has 0 spiro atoms. The summed E-state index contributed by atoms with van der Waals surface area (Å²) in [5.74, 6) is 0. The fourth-order valence-electron chi connectivity index (χ4n) is 1.56. The van der Waals surface area contributed by atoms with E-state index in [1.807, 2.05) is 0 Å². The first-order chi connectivity index (χ1) is 7.77.